The van der Waals surface area contributed by atoms with Crippen molar-refractivity contribution in [2.75, 3.05) is 25.5 Å². The fourth-order valence-corrected chi connectivity index (χ4v) is 1.60. The van der Waals surface area contributed by atoms with Gasteiger partial charge in [0.2, 0.25) is 0 Å². The number of nitrogens with two attached hydrogens (primary N) is 1. The minimum absolute atomic E-state index is 0.117. The van der Waals surface area contributed by atoms with E-state index in [1.54, 1.807) is 0 Å². The molecular formula is C13H17FN2O2. The first-order valence-electron chi connectivity index (χ1n) is 6.08. The van der Waals surface area contributed by atoms with E-state index < -0.39 is 5.82 Å². The van der Waals surface area contributed by atoms with Crippen molar-refractivity contribution in [2.45, 2.75) is 12.8 Å². The molecule has 0 heterocycles. The normalized spacial score (nSPS) is 14.5. The molecule has 0 atom stereocenters. The summed E-state index contributed by atoms with van der Waals surface area (Å²) in [6.07, 6.45) is 2.48. The maximum atomic E-state index is 13.1. The van der Waals surface area contributed by atoms with Gasteiger partial charge in [0.05, 0.1) is 17.9 Å². The molecule has 1 aromatic carbocycles. The van der Waals surface area contributed by atoms with Gasteiger partial charge in [-0.15, -0.1) is 0 Å². The Bertz CT molecular complexity index is 433. The molecule has 1 saturated carbocycles. The van der Waals surface area contributed by atoms with Gasteiger partial charge in [-0.25, -0.2) is 4.39 Å². The molecule has 0 spiro atoms. The number of anilines is 1. The van der Waals surface area contributed by atoms with E-state index in [0.717, 1.165) is 6.61 Å². The molecule has 1 aromatic rings. The van der Waals surface area contributed by atoms with Crippen molar-refractivity contribution in [3.8, 4) is 0 Å². The van der Waals surface area contributed by atoms with E-state index in [2.05, 4.69) is 5.32 Å². The molecule has 3 N–H and O–H groups in total. The third-order valence-corrected chi connectivity index (χ3v) is 2.88. The Hall–Kier alpha value is -1.62. The van der Waals surface area contributed by atoms with E-state index in [9.17, 15) is 9.18 Å². The van der Waals surface area contributed by atoms with Crippen molar-refractivity contribution in [1.82, 2.24) is 5.32 Å². The zero-order chi connectivity index (χ0) is 13.0. The maximum absolute atomic E-state index is 13.1. The Morgan fingerprint density at radius 1 is 1.50 bits per heavy atom. The molecule has 0 aromatic heterocycles. The molecule has 0 aliphatic heterocycles. The summed E-state index contributed by atoms with van der Waals surface area (Å²) in [6.45, 7) is 1.64. The number of halogens is 1. The first-order chi connectivity index (χ1) is 8.68. The fraction of sp³-hybridized carbons (Fsp3) is 0.462. The molecule has 18 heavy (non-hydrogen) atoms. The van der Waals surface area contributed by atoms with Crippen LogP contribution in [0.3, 0.4) is 0 Å². The zero-order valence-corrected chi connectivity index (χ0v) is 10.1. The molecule has 0 bridgehead atoms. The summed E-state index contributed by atoms with van der Waals surface area (Å²) in [4.78, 5) is 11.7. The number of para-hydroxylation sites is 1. The highest BCUT2D eigenvalue weighted by atomic mass is 19.1. The molecule has 0 unspecified atom stereocenters. The largest absolute Gasteiger partial charge is 0.396 e. The molecule has 0 saturated heterocycles. The number of hydrogen-bond donors (Lipinski definition) is 2. The molecule has 2 rings (SSSR count). The van der Waals surface area contributed by atoms with Gasteiger partial charge in [0.1, 0.15) is 5.82 Å². The van der Waals surface area contributed by atoms with E-state index in [-0.39, 0.29) is 17.2 Å². The lowest BCUT2D eigenvalue weighted by Gasteiger charge is -2.08. The van der Waals surface area contributed by atoms with Crippen LogP contribution in [0.5, 0.6) is 0 Å². The Kier molecular flexibility index (Phi) is 4.15. The van der Waals surface area contributed by atoms with Crippen LogP contribution < -0.4 is 11.1 Å². The van der Waals surface area contributed by atoms with Crippen molar-refractivity contribution in [3.05, 3.63) is 29.6 Å². The van der Waals surface area contributed by atoms with Crippen LogP contribution in [0.15, 0.2) is 18.2 Å². The van der Waals surface area contributed by atoms with Crippen LogP contribution in [-0.4, -0.2) is 25.7 Å². The Labute approximate surface area is 105 Å². The van der Waals surface area contributed by atoms with E-state index >= 15 is 0 Å². The first kappa shape index (κ1) is 12.8. The number of nitrogen functional groups attached to an aromatic ring is 1. The van der Waals surface area contributed by atoms with E-state index in [1.807, 2.05) is 0 Å². The Morgan fingerprint density at radius 2 is 2.28 bits per heavy atom. The van der Waals surface area contributed by atoms with Gasteiger partial charge in [-0.2, -0.15) is 0 Å². The summed E-state index contributed by atoms with van der Waals surface area (Å²) in [5, 5.41) is 2.65. The molecule has 1 aliphatic rings. The number of carbonyl (C=O) groups is 1. The molecule has 1 aliphatic carbocycles. The summed E-state index contributed by atoms with van der Waals surface area (Å²) in [5.41, 5.74) is 5.54. The number of amides is 1. The quantitative estimate of drug-likeness (QED) is 0.596. The molecular weight excluding hydrogens is 235 g/mol. The third kappa shape index (κ3) is 3.43. The van der Waals surface area contributed by atoms with Crippen LogP contribution in [0, 0.1) is 11.7 Å². The van der Waals surface area contributed by atoms with Crippen molar-refractivity contribution in [3.63, 3.8) is 0 Å². The molecule has 4 nitrogen and oxygen atoms in total. The van der Waals surface area contributed by atoms with Gasteiger partial charge in [-0.3, -0.25) is 4.79 Å². The molecule has 5 heteroatoms. The van der Waals surface area contributed by atoms with E-state index in [0.29, 0.717) is 19.1 Å². The average molecular weight is 252 g/mol. The number of benzene rings is 1. The van der Waals surface area contributed by atoms with Crippen LogP contribution in [0.25, 0.3) is 0 Å². The van der Waals surface area contributed by atoms with Crippen LogP contribution in [0.4, 0.5) is 10.1 Å². The number of ether oxygens (including phenoxy) is 1. The highest BCUT2D eigenvalue weighted by Crippen LogP contribution is 2.28. The van der Waals surface area contributed by atoms with Gasteiger partial charge < -0.3 is 15.8 Å². The minimum Gasteiger partial charge on any atom is -0.396 e. The standard InChI is InChI=1S/C13H17FN2O2/c14-11-3-1-2-10(12(11)15)13(17)16-6-7-18-8-9-4-5-9/h1-3,9H,4-8,15H2,(H,16,17). The van der Waals surface area contributed by atoms with Crippen molar-refractivity contribution < 1.29 is 13.9 Å². The van der Waals surface area contributed by atoms with Gasteiger partial charge in [0.25, 0.3) is 5.91 Å². The predicted octanol–water partition coefficient (Wildman–Crippen LogP) is 1.56. The van der Waals surface area contributed by atoms with Gasteiger partial charge in [0.15, 0.2) is 0 Å². The van der Waals surface area contributed by atoms with Crippen LogP contribution >= 0.6 is 0 Å². The molecule has 1 amide bonds. The molecule has 98 valence electrons. The number of rotatable bonds is 6. The van der Waals surface area contributed by atoms with E-state index in [4.69, 9.17) is 10.5 Å². The predicted molar refractivity (Wildman–Crippen MR) is 66.7 cm³/mol. The number of carbonyl (C=O) groups excluding carboxylic acids is 1. The van der Waals surface area contributed by atoms with Gasteiger partial charge in [-0.1, -0.05) is 6.07 Å². The fourth-order valence-electron chi connectivity index (χ4n) is 1.60. The highest BCUT2D eigenvalue weighted by molar-refractivity contribution is 5.99. The lowest BCUT2D eigenvalue weighted by molar-refractivity contribution is 0.0907. The Balaban J connectivity index is 1.74. The SMILES string of the molecule is Nc1c(F)cccc1C(=O)NCCOCC1CC1. The maximum Gasteiger partial charge on any atom is 0.253 e. The zero-order valence-electron chi connectivity index (χ0n) is 10.1. The van der Waals surface area contributed by atoms with Gasteiger partial charge in [-0.05, 0) is 30.9 Å². The Morgan fingerprint density at radius 3 is 3.00 bits per heavy atom. The summed E-state index contributed by atoms with van der Waals surface area (Å²) in [7, 11) is 0. The average Bonchev–Trinajstić information content (AvgIpc) is 3.16. The summed E-state index contributed by atoms with van der Waals surface area (Å²) >= 11 is 0. The smallest absolute Gasteiger partial charge is 0.253 e. The van der Waals surface area contributed by atoms with Crippen LogP contribution in [0.1, 0.15) is 23.2 Å². The first-order valence-corrected chi connectivity index (χ1v) is 6.08. The third-order valence-electron chi connectivity index (χ3n) is 2.88. The lowest BCUT2D eigenvalue weighted by Crippen LogP contribution is -2.28. The van der Waals surface area contributed by atoms with Crippen molar-refractivity contribution in [2.24, 2.45) is 5.92 Å². The molecule has 1 fully saturated rings. The number of nitrogens with one attached hydrogen (secondary N) is 1. The second kappa shape index (κ2) is 5.82. The summed E-state index contributed by atoms with van der Waals surface area (Å²) in [5.74, 6) is -0.241. The second-order valence-electron chi connectivity index (χ2n) is 4.48. The van der Waals surface area contributed by atoms with Crippen LogP contribution in [-0.2, 0) is 4.74 Å². The topological polar surface area (TPSA) is 64.4 Å². The van der Waals surface area contributed by atoms with E-state index in [1.165, 1.54) is 31.0 Å². The van der Waals surface area contributed by atoms with Crippen LogP contribution in [0.2, 0.25) is 0 Å². The molecule has 0 radical (unpaired) electrons. The monoisotopic (exact) mass is 252 g/mol. The van der Waals surface area contributed by atoms with Crippen molar-refractivity contribution >= 4 is 11.6 Å². The lowest BCUT2D eigenvalue weighted by atomic mass is 10.1. The van der Waals surface area contributed by atoms with Gasteiger partial charge >= 0.3 is 0 Å². The second-order valence-corrected chi connectivity index (χ2v) is 4.48. The summed E-state index contributed by atoms with van der Waals surface area (Å²) < 4.78 is 18.5. The van der Waals surface area contributed by atoms with Crippen molar-refractivity contribution in [1.29, 1.82) is 0 Å². The van der Waals surface area contributed by atoms with Gasteiger partial charge in [0, 0.05) is 13.2 Å². The summed E-state index contributed by atoms with van der Waals surface area (Å²) in [6, 6.07) is 4.19. The minimum atomic E-state index is -0.576. The highest BCUT2D eigenvalue weighted by Gasteiger charge is 2.20. The number of hydrogen-bond acceptors (Lipinski definition) is 3.